The highest BCUT2D eigenvalue weighted by Crippen LogP contribution is 2.03. The minimum Gasteiger partial charge on any atom is -0.469 e. The first-order valence-electron chi connectivity index (χ1n) is 8.40. The van der Waals surface area contributed by atoms with Crippen molar-refractivity contribution in [3.05, 3.63) is 35.9 Å². The van der Waals surface area contributed by atoms with Crippen LogP contribution in [0.15, 0.2) is 30.3 Å². The molecule has 6 nitrogen and oxygen atoms in total. The van der Waals surface area contributed by atoms with E-state index in [0.717, 1.165) is 24.8 Å². The van der Waals surface area contributed by atoms with Crippen molar-refractivity contribution in [3.8, 4) is 0 Å². The summed E-state index contributed by atoms with van der Waals surface area (Å²) in [6.45, 7) is 3.48. The number of esters is 1. The molecule has 1 unspecified atom stereocenters. The normalized spacial score (nSPS) is 11.6. The number of alkyl carbamates (subject to hydrolysis) is 1. The lowest BCUT2D eigenvalue weighted by atomic mass is 10.1. The Balaban J connectivity index is 2.18. The van der Waals surface area contributed by atoms with Crippen LogP contribution < -0.4 is 10.6 Å². The quantitative estimate of drug-likeness (QED) is 0.608. The van der Waals surface area contributed by atoms with E-state index in [1.807, 2.05) is 30.3 Å². The van der Waals surface area contributed by atoms with Crippen LogP contribution in [0.3, 0.4) is 0 Å². The lowest BCUT2D eigenvalue weighted by molar-refractivity contribution is -0.140. The minimum atomic E-state index is -0.413. The molecule has 0 saturated heterocycles. The van der Waals surface area contributed by atoms with E-state index in [2.05, 4.69) is 22.3 Å². The molecule has 0 aromatic heterocycles. The summed E-state index contributed by atoms with van der Waals surface area (Å²) < 4.78 is 9.78. The monoisotopic (exact) mass is 336 g/mol. The Labute approximate surface area is 143 Å². The van der Waals surface area contributed by atoms with Crippen molar-refractivity contribution in [1.29, 1.82) is 0 Å². The summed E-state index contributed by atoms with van der Waals surface area (Å²) in [7, 11) is 1.39. The summed E-state index contributed by atoms with van der Waals surface area (Å²) in [5.41, 5.74) is 0.959. The number of amides is 1. The minimum absolute atomic E-state index is 0.222. The largest absolute Gasteiger partial charge is 0.469 e. The van der Waals surface area contributed by atoms with Crippen LogP contribution in [0.1, 0.15) is 38.2 Å². The Hall–Kier alpha value is -2.08. The van der Waals surface area contributed by atoms with Crippen molar-refractivity contribution in [3.63, 3.8) is 0 Å². The molecule has 0 fully saturated rings. The third-order valence-corrected chi connectivity index (χ3v) is 3.60. The summed E-state index contributed by atoms with van der Waals surface area (Å²) in [4.78, 5) is 22.8. The topological polar surface area (TPSA) is 76.7 Å². The number of nitrogens with one attached hydrogen (secondary N) is 2. The number of rotatable bonds is 11. The van der Waals surface area contributed by atoms with Gasteiger partial charge in [-0.15, -0.1) is 0 Å². The predicted octanol–water partition coefficient (Wildman–Crippen LogP) is 2.62. The van der Waals surface area contributed by atoms with Gasteiger partial charge in [0.1, 0.15) is 6.61 Å². The van der Waals surface area contributed by atoms with E-state index in [4.69, 9.17) is 4.74 Å². The molecule has 0 spiro atoms. The Morgan fingerprint density at radius 2 is 1.88 bits per heavy atom. The highest BCUT2D eigenvalue weighted by atomic mass is 16.5. The SMILES string of the molecule is CCCC(CCNC(=O)OCc1ccccc1)NCCC(=O)OC. The van der Waals surface area contributed by atoms with Crippen LogP contribution >= 0.6 is 0 Å². The summed E-state index contributed by atoms with van der Waals surface area (Å²) in [5.74, 6) is -0.222. The smallest absolute Gasteiger partial charge is 0.407 e. The van der Waals surface area contributed by atoms with Gasteiger partial charge in [0.05, 0.1) is 13.5 Å². The molecule has 0 aliphatic rings. The Kier molecular flexibility index (Phi) is 10.3. The number of hydrogen-bond acceptors (Lipinski definition) is 5. The maximum Gasteiger partial charge on any atom is 0.407 e. The molecule has 134 valence electrons. The third-order valence-electron chi connectivity index (χ3n) is 3.60. The molecular weight excluding hydrogens is 308 g/mol. The van der Waals surface area contributed by atoms with Crippen LogP contribution in [-0.2, 0) is 20.9 Å². The molecule has 0 bridgehead atoms. The van der Waals surface area contributed by atoms with Crippen LogP contribution in [0.2, 0.25) is 0 Å². The van der Waals surface area contributed by atoms with Crippen molar-refractivity contribution in [2.45, 2.75) is 45.3 Å². The third kappa shape index (κ3) is 9.15. The first-order chi connectivity index (χ1) is 11.7. The van der Waals surface area contributed by atoms with Gasteiger partial charge < -0.3 is 20.1 Å². The lowest BCUT2D eigenvalue weighted by Crippen LogP contribution is -2.35. The van der Waals surface area contributed by atoms with Crippen LogP contribution in [0.4, 0.5) is 4.79 Å². The van der Waals surface area contributed by atoms with Crippen LogP contribution in [-0.4, -0.2) is 38.3 Å². The second-order valence-electron chi connectivity index (χ2n) is 5.54. The Morgan fingerprint density at radius 1 is 1.12 bits per heavy atom. The van der Waals surface area contributed by atoms with E-state index in [0.29, 0.717) is 19.5 Å². The fourth-order valence-electron chi connectivity index (χ4n) is 2.30. The average molecular weight is 336 g/mol. The molecule has 0 heterocycles. The zero-order chi connectivity index (χ0) is 17.6. The van der Waals surface area contributed by atoms with Gasteiger partial charge >= 0.3 is 12.1 Å². The second kappa shape index (κ2) is 12.4. The highest BCUT2D eigenvalue weighted by Gasteiger charge is 2.10. The number of carbonyl (C=O) groups is 2. The Morgan fingerprint density at radius 3 is 2.54 bits per heavy atom. The predicted molar refractivity (Wildman–Crippen MR) is 92.6 cm³/mol. The second-order valence-corrected chi connectivity index (χ2v) is 5.54. The molecule has 1 rings (SSSR count). The van der Waals surface area contributed by atoms with E-state index in [9.17, 15) is 9.59 Å². The molecule has 0 aliphatic heterocycles. The van der Waals surface area contributed by atoms with E-state index in [-0.39, 0.29) is 18.6 Å². The van der Waals surface area contributed by atoms with Gasteiger partial charge in [0, 0.05) is 19.1 Å². The van der Waals surface area contributed by atoms with Gasteiger partial charge in [-0.25, -0.2) is 4.79 Å². The molecule has 1 aromatic carbocycles. The molecule has 1 amide bonds. The van der Waals surface area contributed by atoms with Crippen LogP contribution in [0.25, 0.3) is 0 Å². The summed E-state index contributed by atoms with van der Waals surface area (Å²) >= 11 is 0. The van der Waals surface area contributed by atoms with Gasteiger partial charge in [-0.3, -0.25) is 4.79 Å². The fraction of sp³-hybridized carbons (Fsp3) is 0.556. The number of benzene rings is 1. The van der Waals surface area contributed by atoms with Gasteiger partial charge in [-0.1, -0.05) is 43.7 Å². The number of hydrogen-bond donors (Lipinski definition) is 2. The maximum atomic E-state index is 11.7. The molecule has 24 heavy (non-hydrogen) atoms. The van der Waals surface area contributed by atoms with Crippen molar-refractivity contribution in [2.75, 3.05) is 20.2 Å². The molecule has 0 radical (unpaired) electrons. The molecule has 1 atom stereocenters. The molecule has 2 N–H and O–H groups in total. The zero-order valence-electron chi connectivity index (χ0n) is 14.5. The van der Waals surface area contributed by atoms with Gasteiger partial charge in [0.25, 0.3) is 0 Å². The van der Waals surface area contributed by atoms with Gasteiger partial charge in [0.2, 0.25) is 0 Å². The zero-order valence-corrected chi connectivity index (χ0v) is 14.5. The molecule has 0 aliphatic carbocycles. The fourth-order valence-corrected chi connectivity index (χ4v) is 2.30. The van der Waals surface area contributed by atoms with Crippen LogP contribution in [0, 0.1) is 0 Å². The number of methoxy groups -OCH3 is 1. The highest BCUT2D eigenvalue weighted by molar-refractivity contribution is 5.69. The van der Waals surface area contributed by atoms with Gasteiger partial charge in [0.15, 0.2) is 0 Å². The van der Waals surface area contributed by atoms with Gasteiger partial charge in [-0.2, -0.15) is 0 Å². The van der Waals surface area contributed by atoms with Crippen LogP contribution in [0.5, 0.6) is 0 Å². The van der Waals surface area contributed by atoms with Crippen molar-refractivity contribution in [2.24, 2.45) is 0 Å². The summed E-state index contributed by atoms with van der Waals surface area (Å²) in [5, 5.41) is 6.08. The molecular formula is C18H28N2O4. The Bertz CT molecular complexity index is 479. The lowest BCUT2D eigenvalue weighted by Gasteiger charge is -2.18. The number of carbonyl (C=O) groups excluding carboxylic acids is 2. The average Bonchev–Trinajstić information content (AvgIpc) is 2.60. The summed E-state index contributed by atoms with van der Waals surface area (Å²) in [6, 6.07) is 9.82. The van der Waals surface area contributed by atoms with Crippen molar-refractivity contribution < 1.29 is 19.1 Å². The maximum absolute atomic E-state index is 11.7. The van der Waals surface area contributed by atoms with Crippen molar-refractivity contribution in [1.82, 2.24) is 10.6 Å². The van der Waals surface area contributed by atoms with Gasteiger partial charge in [-0.05, 0) is 18.4 Å². The molecule has 6 heteroatoms. The van der Waals surface area contributed by atoms with E-state index in [1.165, 1.54) is 7.11 Å². The first kappa shape index (κ1) is 20.0. The van der Waals surface area contributed by atoms with Crippen molar-refractivity contribution >= 4 is 12.1 Å². The standard InChI is InChI=1S/C18H28N2O4/c1-3-7-16(19-13-11-17(21)23-2)10-12-20-18(22)24-14-15-8-5-4-6-9-15/h4-6,8-9,16,19H,3,7,10-14H2,1-2H3,(H,20,22). The molecule has 1 aromatic rings. The summed E-state index contributed by atoms with van der Waals surface area (Å²) in [6.07, 6.45) is 2.75. The number of ether oxygens (including phenoxy) is 2. The van der Waals surface area contributed by atoms with E-state index < -0.39 is 6.09 Å². The van der Waals surface area contributed by atoms with E-state index in [1.54, 1.807) is 0 Å². The van der Waals surface area contributed by atoms with E-state index >= 15 is 0 Å². The first-order valence-corrected chi connectivity index (χ1v) is 8.40. The molecule has 0 saturated carbocycles.